The molecule has 76 valence electrons. The molecule has 0 aromatic heterocycles. The molecular weight excluding hydrogens is 190 g/mol. The van der Waals surface area contributed by atoms with Crippen LogP contribution in [-0.4, -0.2) is 19.8 Å². The minimum absolute atomic E-state index is 0.0209. The molecule has 0 saturated carbocycles. The van der Waals surface area contributed by atoms with Gasteiger partial charge in [0.15, 0.2) is 0 Å². The topological polar surface area (TPSA) is 21.8 Å². The Morgan fingerprint density at radius 2 is 2.00 bits per heavy atom. The van der Waals surface area contributed by atoms with Crippen LogP contribution in [0.2, 0.25) is 0 Å². The fourth-order valence-electron chi connectivity index (χ4n) is 1.31. The van der Waals surface area contributed by atoms with Crippen LogP contribution in [0, 0.1) is 11.6 Å². The van der Waals surface area contributed by atoms with Gasteiger partial charge in [0, 0.05) is 24.1 Å². The highest BCUT2D eigenvalue weighted by Crippen LogP contribution is 2.24. The molecule has 1 heterocycles. The number of ether oxygens (including phenoxy) is 2. The summed E-state index contributed by atoms with van der Waals surface area (Å²) in [4.78, 5) is 0. The third-order valence-electron chi connectivity index (χ3n) is 2.18. The summed E-state index contributed by atoms with van der Waals surface area (Å²) in [7, 11) is 1.37. The van der Waals surface area contributed by atoms with Crippen molar-refractivity contribution < 1.29 is 18.3 Å². The van der Waals surface area contributed by atoms with Gasteiger partial charge in [-0.2, -0.15) is 0 Å². The summed E-state index contributed by atoms with van der Waals surface area (Å²) in [5.74, 6) is -0.949. The summed E-state index contributed by atoms with van der Waals surface area (Å²) >= 11 is 0. The molecule has 0 aliphatic carbocycles. The van der Waals surface area contributed by atoms with E-state index in [4.69, 9.17) is 9.47 Å². The number of hydrogen-bond acceptors (Lipinski definition) is 2. The molecule has 0 N–H and O–H groups in total. The van der Waals surface area contributed by atoms with Crippen LogP contribution in [0.3, 0.4) is 0 Å². The lowest BCUT2D eigenvalue weighted by atomic mass is 10.1. The SMILES string of the molecule is COc1cc(F)c(CC2CO2)c(F)c1. The summed E-state index contributed by atoms with van der Waals surface area (Å²) in [6.07, 6.45) is 0.272. The average Bonchev–Trinajstić information content (AvgIpc) is 2.94. The van der Waals surface area contributed by atoms with Gasteiger partial charge in [0.05, 0.1) is 19.8 Å². The van der Waals surface area contributed by atoms with Gasteiger partial charge in [-0.3, -0.25) is 0 Å². The highest BCUT2D eigenvalue weighted by molar-refractivity contribution is 5.31. The fourth-order valence-corrected chi connectivity index (χ4v) is 1.31. The van der Waals surface area contributed by atoms with Crippen LogP contribution in [0.25, 0.3) is 0 Å². The average molecular weight is 200 g/mol. The maximum Gasteiger partial charge on any atom is 0.133 e. The van der Waals surface area contributed by atoms with E-state index >= 15 is 0 Å². The summed E-state index contributed by atoms with van der Waals surface area (Å²) in [5.41, 5.74) is 0.0771. The monoisotopic (exact) mass is 200 g/mol. The molecule has 2 nitrogen and oxygen atoms in total. The van der Waals surface area contributed by atoms with Gasteiger partial charge in [0.25, 0.3) is 0 Å². The Morgan fingerprint density at radius 1 is 1.43 bits per heavy atom. The van der Waals surface area contributed by atoms with E-state index in [1.54, 1.807) is 0 Å². The largest absolute Gasteiger partial charge is 0.497 e. The molecule has 1 aliphatic heterocycles. The van der Waals surface area contributed by atoms with Crippen LogP contribution in [0.1, 0.15) is 5.56 Å². The first-order chi connectivity index (χ1) is 6.70. The van der Waals surface area contributed by atoms with Gasteiger partial charge in [-0.1, -0.05) is 0 Å². The van der Waals surface area contributed by atoms with E-state index in [2.05, 4.69) is 0 Å². The molecule has 0 bridgehead atoms. The lowest BCUT2D eigenvalue weighted by molar-refractivity contribution is 0.393. The summed E-state index contributed by atoms with van der Waals surface area (Å²) in [6, 6.07) is 2.36. The molecule has 2 rings (SSSR count). The number of methoxy groups -OCH3 is 1. The first-order valence-electron chi connectivity index (χ1n) is 4.34. The van der Waals surface area contributed by atoms with E-state index in [0.29, 0.717) is 13.0 Å². The van der Waals surface area contributed by atoms with Gasteiger partial charge >= 0.3 is 0 Å². The van der Waals surface area contributed by atoms with Gasteiger partial charge in [0.2, 0.25) is 0 Å². The molecule has 1 saturated heterocycles. The summed E-state index contributed by atoms with van der Waals surface area (Å²) in [5, 5.41) is 0. The van der Waals surface area contributed by atoms with Gasteiger partial charge in [0.1, 0.15) is 17.4 Å². The van der Waals surface area contributed by atoms with E-state index in [-0.39, 0.29) is 17.4 Å². The van der Waals surface area contributed by atoms with Crippen molar-refractivity contribution in [2.24, 2.45) is 0 Å². The molecule has 1 aliphatic rings. The predicted octanol–water partition coefficient (Wildman–Crippen LogP) is 1.91. The molecule has 0 spiro atoms. The van der Waals surface area contributed by atoms with Crippen LogP contribution >= 0.6 is 0 Å². The van der Waals surface area contributed by atoms with E-state index in [1.165, 1.54) is 19.2 Å². The lowest BCUT2D eigenvalue weighted by Gasteiger charge is -2.05. The normalized spacial score (nSPS) is 19.5. The zero-order valence-corrected chi connectivity index (χ0v) is 7.72. The van der Waals surface area contributed by atoms with Crippen molar-refractivity contribution in [1.29, 1.82) is 0 Å². The van der Waals surface area contributed by atoms with Gasteiger partial charge < -0.3 is 9.47 Å². The molecule has 1 aromatic carbocycles. The minimum Gasteiger partial charge on any atom is -0.497 e. The summed E-state index contributed by atoms with van der Waals surface area (Å²) < 4.78 is 36.3. The number of epoxide rings is 1. The molecule has 1 unspecified atom stereocenters. The zero-order chi connectivity index (χ0) is 10.1. The van der Waals surface area contributed by atoms with Crippen LogP contribution in [0.5, 0.6) is 5.75 Å². The van der Waals surface area contributed by atoms with E-state index in [1.807, 2.05) is 0 Å². The predicted molar refractivity (Wildman–Crippen MR) is 46.4 cm³/mol. The van der Waals surface area contributed by atoms with Crippen LogP contribution in [0.4, 0.5) is 8.78 Å². The fraction of sp³-hybridized carbons (Fsp3) is 0.400. The molecular formula is C10H10F2O2. The second-order valence-electron chi connectivity index (χ2n) is 3.23. The Labute approximate surface area is 80.4 Å². The van der Waals surface area contributed by atoms with Gasteiger partial charge in [-0.15, -0.1) is 0 Å². The second-order valence-corrected chi connectivity index (χ2v) is 3.23. The van der Waals surface area contributed by atoms with Crippen molar-refractivity contribution >= 4 is 0 Å². The Kier molecular flexibility index (Phi) is 2.37. The highest BCUT2D eigenvalue weighted by Gasteiger charge is 2.26. The quantitative estimate of drug-likeness (QED) is 0.695. The van der Waals surface area contributed by atoms with Crippen molar-refractivity contribution in [2.45, 2.75) is 12.5 Å². The second kappa shape index (κ2) is 3.53. The molecule has 0 radical (unpaired) electrons. The first kappa shape index (κ1) is 9.40. The molecule has 1 fully saturated rings. The number of hydrogen-bond donors (Lipinski definition) is 0. The highest BCUT2D eigenvalue weighted by atomic mass is 19.1. The molecule has 4 heteroatoms. The number of halogens is 2. The standard InChI is InChI=1S/C10H10F2O2/c1-13-6-3-9(11)8(10(12)4-6)2-7-5-14-7/h3-4,7H,2,5H2,1H3. The van der Waals surface area contributed by atoms with Crippen molar-refractivity contribution in [3.05, 3.63) is 29.3 Å². The first-order valence-corrected chi connectivity index (χ1v) is 4.34. The van der Waals surface area contributed by atoms with Crippen molar-refractivity contribution in [3.63, 3.8) is 0 Å². The van der Waals surface area contributed by atoms with Gasteiger partial charge in [-0.05, 0) is 0 Å². The van der Waals surface area contributed by atoms with Gasteiger partial charge in [-0.25, -0.2) is 8.78 Å². The van der Waals surface area contributed by atoms with Crippen molar-refractivity contribution in [2.75, 3.05) is 13.7 Å². The maximum absolute atomic E-state index is 13.3. The van der Waals surface area contributed by atoms with E-state index < -0.39 is 11.6 Å². The zero-order valence-electron chi connectivity index (χ0n) is 7.72. The molecule has 1 aromatic rings. The Bertz CT molecular complexity index is 325. The van der Waals surface area contributed by atoms with Crippen LogP contribution in [0.15, 0.2) is 12.1 Å². The Morgan fingerprint density at radius 3 is 2.43 bits per heavy atom. The van der Waals surface area contributed by atoms with Crippen molar-refractivity contribution in [1.82, 2.24) is 0 Å². The Balaban J connectivity index is 2.28. The maximum atomic E-state index is 13.3. The Hall–Kier alpha value is -1.16. The minimum atomic E-state index is -0.572. The molecule has 0 amide bonds. The van der Waals surface area contributed by atoms with Crippen molar-refractivity contribution in [3.8, 4) is 5.75 Å². The van der Waals surface area contributed by atoms with E-state index in [9.17, 15) is 8.78 Å². The number of benzene rings is 1. The smallest absolute Gasteiger partial charge is 0.133 e. The van der Waals surface area contributed by atoms with Crippen LogP contribution in [-0.2, 0) is 11.2 Å². The third kappa shape index (κ3) is 1.85. The third-order valence-corrected chi connectivity index (χ3v) is 2.18. The lowest BCUT2D eigenvalue weighted by Crippen LogP contribution is -2.01. The van der Waals surface area contributed by atoms with E-state index in [0.717, 1.165) is 0 Å². The number of rotatable bonds is 3. The summed E-state index contributed by atoms with van der Waals surface area (Å²) in [6.45, 7) is 0.588. The molecule has 1 atom stereocenters. The van der Waals surface area contributed by atoms with Crippen LogP contribution < -0.4 is 4.74 Å². The molecule has 14 heavy (non-hydrogen) atoms.